The zero-order chi connectivity index (χ0) is 14.2. The molecule has 1 aliphatic rings. The molecule has 1 heterocycles. The molecule has 0 N–H and O–H groups in total. The Bertz CT molecular complexity index is 516. The average molecular weight is 260 g/mol. The normalized spacial score (nSPS) is 21.7. The van der Waals surface area contributed by atoms with E-state index in [2.05, 4.69) is 26.8 Å². The Morgan fingerprint density at radius 3 is 2.63 bits per heavy atom. The molecule has 104 valence electrons. The molecule has 1 aliphatic heterocycles. The number of fused-ring (bicyclic) bond motifs is 1. The van der Waals surface area contributed by atoms with Gasteiger partial charge in [0.15, 0.2) is 11.4 Å². The summed E-state index contributed by atoms with van der Waals surface area (Å²) in [6, 6.07) is 2.22. The number of Topliss-reactive ketones (excluding diaryl/α,β-unsaturated/α-hetero) is 1. The van der Waals surface area contributed by atoms with Crippen molar-refractivity contribution in [3.63, 3.8) is 0 Å². The first-order valence-corrected chi connectivity index (χ1v) is 7.21. The van der Waals surface area contributed by atoms with E-state index in [9.17, 15) is 4.79 Å². The van der Waals surface area contributed by atoms with Crippen molar-refractivity contribution in [3.05, 3.63) is 28.3 Å². The van der Waals surface area contributed by atoms with E-state index in [0.717, 1.165) is 25.0 Å². The number of ether oxygens (including phenoxy) is 1. The van der Waals surface area contributed by atoms with Crippen molar-refractivity contribution in [2.24, 2.45) is 0 Å². The molecule has 0 aromatic heterocycles. The van der Waals surface area contributed by atoms with Crippen LogP contribution in [-0.2, 0) is 11.2 Å². The Hall–Kier alpha value is -1.31. The van der Waals surface area contributed by atoms with Crippen molar-refractivity contribution in [3.8, 4) is 5.75 Å². The highest BCUT2D eigenvalue weighted by molar-refractivity contribution is 5.87. The SMILES string of the molecule is CCCC(=O)[C@]1(C)CCc2c(C)cc(C)c(C)c2O1. The molecule has 0 spiro atoms. The molecule has 0 saturated carbocycles. The zero-order valence-electron chi connectivity index (χ0n) is 12.7. The van der Waals surface area contributed by atoms with Crippen molar-refractivity contribution in [1.29, 1.82) is 0 Å². The maximum absolute atomic E-state index is 12.3. The molecule has 2 nitrogen and oxygen atoms in total. The number of carbonyl (C=O) groups excluding carboxylic acids is 1. The van der Waals surface area contributed by atoms with Crippen LogP contribution in [0.4, 0.5) is 0 Å². The van der Waals surface area contributed by atoms with Gasteiger partial charge in [0, 0.05) is 6.42 Å². The standard InChI is InChI=1S/C17H24O2/c1-6-7-15(18)17(5)9-8-14-12(3)10-11(2)13(4)16(14)19-17/h10H,6-9H2,1-5H3/t17-/m0/s1. The highest BCUT2D eigenvalue weighted by Crippen LogP contribution is 2.39. The highest BCUT2D eigenvalue weighted by atomic mass is 16.5. The van der Waals surface area contributed by atoms with Gasteiger partial charge in [-0.15, -0.1) is 0 Å². The molecule has 0 bridgehead atoms. The topological polar surface area (TPSA) is 26.3 Å². The Labute approximate surface area is 116 Å². The summed E-state index contributed by atoms with van der Waals surface area (Å²) in [6.07, 6.45) is 3.22. The zero-order valence-corrected chi connectivity index (χ0v) is 12.7. The van der Waals surface area contributed by atoms with Gasteiger partial charge in [-0.25, -0.2) is 0 Å². The van der Waals surface area contributed by atoms with Gasteiger partial charge in [-0.3, -0.25) is 4.79 Å². The van der Waals surface area contributed by atoms with Gasteiger partial charge in [-0.05, 0) is 69.2 Å². The number of benzene rings is 1. The fourth-order valence-corrected chi connectivity index (χ4v) is 2.88. The predicted molar refractivity (Wildman–Crippen MR) is 77.9 cm³/mol. The maximum atomic E-state index is 12.3. The molecular weight excluding hydrogens is 236 g/mol. The average Bonchev–Trinajstić information content (AvgIpc) is 2.36. The van der Waals surface area contributed by atoms with Crippen molar-refractivity contribution < 1.29 is 9.53 Å². The molecular formula is C17H24O2. The van der Waals surface area contributed by atoms with Crippen molar-refractivity contribution in [2.75, 3.05) is 0 Å². The molecule has 0 radical (unpaired) electrons. The molecule has 19 heavy (non-hydrogen) atoms. The third kappa shape index (κ3) is 2.41. The van der Waals surface area contributed by atoms with Gasteiger partial charge >= 0.3 is 0 Å². The summed E-state index contributed by atoms with van der Waals surface area (Å²) in [5.74, 6) is 1.19. The molecule has 1 aromatic rings. The summed E-state index contributed by atoms with van der Waals surface area (Å²) in [5, 5.41) is 0. The third-order valence-corrected chi connectivity index (χ3v) is 4.36. The monoisotopic (exact) mass is 260 g/mol. The van der Waals surface area contributed by atoms with E-state index in [1.54, 1.807) is 0 Å². The van der Waals surface area contributed by atoms with Crippen LogP contribution in [0.5, 0.6) is 5.75 Å². The highest BCUT2D eigenvalue weighted by Gasteiger charge is 2.39. The van der Waals surface area contributed by atoms with E-state index in [1.165, 1.54) is 22.3 Å². The van der Waals surface area contributed by atoms with Gasteiger partial charge in [-0.2, -0.15) is 0 Å². The lowest BCUT2D eigenvalue weighted by Gasteiger charge is -2.36. The van der Waals surface area contributed by atoms with Crippen molar-refractivity contribution in [2.45, 2.75) is 65.9 Å². The van der Waals surface area contributed by atoms with E-state index >= 15 is 0 Å². The molecule has 1 aromatic carbocycles. The number of carbonyl (C=O) groups is 1. The minimum Gasteiger partial charge on any atom is -0.479 e. The fraction of sp³-hybridized carbons (Fsp3) is 0.588. The van der Waals surface area contributed by atoms with Crippen molar-refractivity contribution in [1.82, 2.24) is 0 Å². The third-order valence-electron chi connectivity index (χ3n) is 4.36. The molecule has 2 rings (SSSR count). The second kappa shape index (κ2) is 4.99. The first-order chi connectivity index (χ1) is 8.89. The Balaban J connectivity index is 2.41. The van der Waals surface area contributed by atoms with E-state index in [4.69, 9.17) is 4.74 Å². The summed E-state index contributed by atoms with van der Waals surface area (Å²) in [4.78, 5) is 12.3. The van der Waals surface area contributed by atoms with E-state index < -0.39 is 5.60 Å². The largest absolute Gasteiger partial charge is 0.479 e. The first-order valence-electron chi connectivity index (χ1n) is 7.21. The minimum atomic E-state index is -0.631. The van der Waals surface area contributed by atoms with Crippen LogP contribution in [0.15, 0.2) is 6.07 Å². The van der Waals surface area contributed by atoms with E-state index in [1.807, 2.05) is 13.8 Å². The first kappa shape index (κ1) is 14.1. The molecule has 2 heteroatoms. The van der Waals surface area contributed by atoms with Crippen molar-refractivity contribution >= 4 is 5.78 Å². The fourth-order valence-electron chi connectivity index (χ4n) is 2.88. The van der Waals surface area contributed by atoms with Crippen LogP contribution >= 0.6 is 0 Å². The number of hydrogen-bond donors (Lipinski definition) is 0. The smallest absolute Gasteiger partial charge is 0.176 e. The van der Waals surface area contributed by atoms with Gasteiger partial charge in [-0.1, -0.05) is 13.0 Å². The summed E-state index contributed by atoms with van der Waals surface area (Å²) in [7, 11) is 0. The van der Waals surface area contributed by atoms with Crippen LogP contribution in [0.2, 0.25) is 0 Å². The Morgan fingerprint density at radius 2 is 2.00 bits per heavy atom. The Morgan fingerprint density at radius 1 is 1.32 bits per heavy atom. The van der Waals surface area contributed by atoms with E-state index in [0.29, 0.717) is 6.42 Å². The van der Waals surface area contributed by atoms with Crippen LogP contribution in [0.3, 0.4) is 0 Å². The quantitative estimate of drug-likeness (QED) is 0.819. The van der Waals surface area contributed by atoms with Gasteiger partial charge in [0.05, 0.1) is 0 Å². The second-order valence-electron chi connectivity index (χ2n) is 5.95. The summed E-state index contributed by atoms with van der Waals surface area (Å²) < 4.78 is 6.18. The van der Waals surface area contributed by atoms with Gasteiger partial charge in [0.1, 0.15) is 5.75 Å². The van der Waals surface area contributed by atoms with E-state index in [-0.39, 0.29) is 5.78 Å². The Kier molecular flexibility index (Phi) is 3.71. The van der Waals surface area contributed by atoms with Gasteiger partial charge in [0.2, 0.25) is 0 Å². The number of hydrogen-bond acceptors (Lipinski definition) is 2. The second-order valence-corrected chi connectivity index (χ2v) is 5.95. The molecule has 0 saturated heterocycles. The van der Waals surface area contributed by atoms with Crippen LogP contribution < -0.4 is 4.74 Å². The molecule has 0 aliphatic carbocycles. The summed E-state index contributed by atoms with van der Waals surface area (Å²) in [6.45, 7) is 10.3. The molecule has 1 atom stereocenters. The van der Waals surface area contributed by atoms with Gasteiger partial charge < -0.3 is 4.74 Å². The number of ketones is 1. The van der Waals surface area contributed by atoms with Crippen LogP contribution in [0, 0.1) is 20.8 Å². The summed E-state index contributed by atoms with van der Waals surface area (Å²) in [5.41, 5.74) is 4.35. The van der Waals surface area contributed by atoms with Crippen LogP contribution in [0.1, 0.15) is 55.4 Å². The van der Waals surface area contributed by atoms with Gasteiger partial charge in [0.25, 0.3) is 0 Å². The minimum absolute atomic E-state index is 0.235. The number of rotatable bonds is 3. The van der Waals surface area contributed by atoms with Crippen LogP contribution in [-0.4, -0.2) is 11.4 Å². The lowest BCUT2D eigenvalue weighted by atomic mass is 9.84. The molecule has 0 amide bonds. The lowest BCUT2D eigenvalue weighted by Crippen LogP contribution is -2.44. The van der Waals surface area contributed by atoms with Crippen LogP contribution in [0.25, 0.3) is 0 Å². The number of aryl methyl sites for hydroxylation is 2. The maximum Gasteiger partial charge on any atom is 0.176 e. The predicted octanol–water partition coefficient (Wildman–Crippen LogP) is 4.06. The molecule has 0 fully saturated rings. The molecule has 0 unspecified atom stereocenters. The lowest BCUT2D eigenvalue weighted by molar-refractivity contribution is -0.134. The summed E-state index contributed by atoms with van der Waals surface area (Å²) >= 11 is 0.